The van der Waals surface area contributed by atoms with Crippen LogP contribution >= 0.6 is 23.2 Å². The summed E-state index contributed by atoms with van der Waals surface area (Å²) in [5.74, 6) is 0.382. The van der Waals surface area contributed by atoms with E-state index >= 15 is 0 Å². The fraction of sp³-hybridized carbons (Fsp3) is 0.455. The molecule has 0 saturated heterocycles. The van der Waals surface area contributed by atoms with Crippen LogP contribution in [0.3, 0.4) is 0 Å². The molecule has 1 nitrogen and oxygen atoms in total. The molecule has 0 radical (unpaired) electrons. The van der Waals surface area contributed by atoms with Crippen molar-refractivity contribution in [1.29, 1.82) is 0 Å². The molecule has 0 fully saturated rings. The van der Waals surface area contributed by atoms with Crippen LogP contribution in [0.25, 0.3) is 0 Å². The van der Waals surface area contributed by atoms with Gasteiger partial charge in [-0.15, -0.1) is 0 Å². The normalized spacial score (nSPS) is 15.2. The minimum Gasteiger partial charge on any atom is -0.328 e. The van der Waals surface area contributed by atoms with Crippen LogP contribution in [0.2, 0.25) is 10.0 Å². The van der Waals surface area contributed by atoms with Crippen LogP contribution in [-0.4, -0.2) is 6.04 Å². The summed E-state index contributed by atoms with van der Waals surface area (Å²) in [5.41, 5.74) is 6.80. The smallest absolute Gasteiger partial charge is 0.0452 e. The number of hydrogen-bond acceptors (Lipinski definition) is 1. The van der Waals surface area contributed by atoms with Crippen molar-refractivity contribution in [2.24, 2.45) is 11.7 Å². The first kappa shape index (κ1) is 11.8. The van der Waals surface area contributed by atoms with E-state index in [4.69, 9.17) is 28.9 Å². The van der Waals surface area contributed by atoms with Crippen LogP contribution in [0.5, 0.6) is 0 Å². The molecule has 3 heteroatoms. The van der Waals surface area contributed by atoms with E-state index in [2.05, 4.69) is 6.92 Å². The predicted octanol–water partition coefficient (Wildman–Crippen LogP) is 3.52. The number of rotatable bonds is 3. The standard InChI is InChI=1S/C11H15Cl2N/c1-7(8(2)14)6-9-10(12)4-3-5-11(9)13/h3-5,7-8H,6,14H2,1-2H3. The molecule has 14 heavy (non-hydrogen) atoms. The summed E-state index contributed by atoms with van der Waals surface area (Å²) in [5, 5.41) is 1.45. The Kier molecular flexibility index (Phi) is 4.24. The third kappa shape index (κ3) is 2.88. The van der Waals surface area contributed by atoms with Gasteiger partial charge in [-0.2, -0.15) is 0 Å². The van der Waals surface area contributed by atoms with Crippen LogP contribution in [0.4, 0.5) is 0 Å². The zero-order chi connectivity index (χ0) is 10.7. The first-order chi connectivity index (χ1) is 6.52. The molecule has 1 aromatic rings. The van der Waals surface area contributed by atoms with Crippen molar-refractivity contribution in [3.63, 3.8) is 0 Å². The zero-order valence-corrected chi connectivity index (χ0v) is 9.94. The van der Waals surface area contributed by atoms with Gasteiger partial charge in [0.25, 0.3) is 0 Å². The molecule has 0 amide bonds. The van der Waals surface area contributed by atoms with Crippen LogP contribution in [0, 0.1) is 5.92 Å². The SMILES string of the molecule is CC(N)C(C)Cc1c(Cl)cccc1Cl. The molecule has 0 aliphatic heterocycles. The third-order valence-electron chi connectivity index (χ3n) is 2.49. The first-order valence-corrected chi connectivity index (χ1v) is 5.46. The van der Waals surface area contributed by atoms with E-state index in [1.807, 2.05) is 25.1 Å². The largest absolute Gasteiger partial charge is 0.328 e. The van der Waals surface area contributed by atoms with Gasteiger partial charge in [-0.25, -0.2) is 0 Å². The van der Waals surface area contributed by atoms with Crippen LogP contribution in [-0.2, 0) is 6.42 Å². The summed E-state index contributed by atoms with van der Waals surface area (Å²) < 4.78 is 0. The second-order valence-corrected chi connectivity index (χ2v) is 4.56. The van der Waals surface area contributed by atoms with Crippen molar-refractivity contribution in [2.45, 2.75) is 26.3 Å². The highest BCUT2D eigenvalue weighted by molar-refractivity contribution is 6.35. The van der Waals surface area contributed by atoms with E-state index in [9.17, 15) is 0 Å². The molecule has 2 unspecified atom stereocenters. The molecule has 2 N–H and O–H groups in total. The molecule has 0 saturated carbocycles. The van der Waals surface area contributed by atoms with E-state index in [0.29, 0.717) is 5.92 Å². The Hall–Kier alpha value is -0.240. The molecule has 0 aliphatic rings. The lowest BCUT2D eigenvalue weighted by Crippen LogP contribution is -2.25. The molecular formula is C11H15Cl2N. The van der Waals surface area contributed by atoms with Crippen molar-refractivity contribution >= 4 is 23.2 Å². The fourth-order valence-corrected chi connectivity index (χ4v) is 1.79. The molecule has 2 atom stereocenters. The highest BCUT2D eigenvalue weighted by Crippen LogP contribution is 2.27. The minimum atomic E-state index is 0.155. The zero-order valence-electron chi connectivity index (χ0n) is 8.43. The van der Waals surface area contributed by atoms with E-state index < -0.39 is 0 Å². The summed E-state index contributed by atoms with van der Waals surface area (Å²) in [6.45, 7) is 4.10. The minimum absolute atomic E-state index is 0.155. The second-order valence-electron chi connectivity index (χ2n) is 3.74. The maximum atomic E-state index is 6.05. The highest BCUT2D eigenvalue weighted by atomic mass is 35.5. The average molecular weight is 232 g/mol. The lowest BCUT2D eigenvalue weighted by atomic mass is 9.95. The third-order valence-corrected chi connectivity index (χ3v) is 3.19. The van der Waals surface area contributed by atoms with Gasteiger partial charge in [0.05, 0.1) is 0 Å². The Labute approximate surface area is 95.2 Å². The summed E-state index contributed by atoms with van der Waals surface area (Å²) >= 11 is 12.1. The maximum Gasteiger partial charge on any atom is 0.0452 e. The Morgan fingerprint density at radius 2 is 1.71 bits per heavy atom. The molecule has 0 spiro atoms. The summed E-state index contributed by atoms with van der Waals surface area (Å²) in [6, 6.07) is 5.72. The number of hydrogen-bond donors (Lipinski definition) is 1. The quantitative estimate of drug-likeness (QED) is 0.847. The van der Waals surface area contributed by atoms with Crippen LogP contribution < -0.4 is 5.73 Å². The summed E-state index contributed by atoms with van der Waals surface area (Å²) in [4.78, 5) is 0. The van der Waals surface area contributed by atoms with E-state index in [1.54, 1.807) is 0 Å². The first-order valence-electron chi connectivity index (χ1n) is 4.71. The van der Waals surface area contributed by atoms with Gasteiger partial charge in [0.15, 0.2) is 0 Å². The highest BCUT2D eigenvalue weighted by Gasteiger charge is 2.12. The molecule has 1 rings (SSSR count). The second kappa shape index (κ2) is 5.01. The van der Waals surface area contributed by atoms with Crippen molar-refractivity contribution in [2.75, 3.05) is 0 Å². The van der Waals surface area contributed by atoms with Gasteiger partial charge in [-0.3, -0.25) is 0 Å². The Balaban J connectivity index is 2.85. The van der Waals surface area contributed by atoms with Gasteiger partial charge in [0.2, 0.25) is 0 Å². The number of nitrogens with two attached hydrogens (primary N) is 1. The van der Waals surface area contributed by atoms with Gasteiger partial charge in [-0.05, 0) is 37.0 Å². The van der Waals surface area contributed by atoms with Gasteiger partial charge in [0.1, 0.15) is 0 Å². The predicted molar refractivity (Wildman–Crippen MR) is 63.0 cm³/mol. The van der Waals surface area contributed by atoms with Crippen molar-refractivity contribution in [1.82, 2.24) is 0 Å². The van der Waals surface area contributed by atoms with Gasteiger partial charge in [-0.1, -0.05) is 36.2 Å². The summed E-state index contributed by atoms with van der Waals surface area (Å²) in [6.07, 6.45) is 0.830. The molecular weight excluding hydrogens is 217 g/mol. The lowest BCUT2D eigenvalue weighted by Gasteiger charge is -2.17. The van der Waals surface area contributed by atoms with Crippen molar-refractivity contribution in [3.05, 3.63) is 33.8 Å². The molecule has 78 valence electrons. The molecule has 0 aliphatic carbocycles. The topological polar surface area (TPSA) is 26.0 Å². The van der Waals surface area contributed by atoms with Gasteiger partial charge in [0, 0.05) is 16.1 Å². The molecule has 0 heterocycles. The number of halogens is 2. The van der Waals surface area contributed by atoms with Crippen LogP contribution in [0.1, 0.15) is 19.4 Å². The van der Waals surface area contributed by atoms with Gasteiger partial charge >= 0.3 is 0 Å². The Bertz CT molecular complexity index is 290. The molecule has 0 aromatic heterocycles. The van der Waals surface area contributed by atoms with E-state index in [0.717, 1.165) is 22.0 Å². The molecule has 0 bridgehead atoms. The van der Waals surface area contributed by atoms with Crippen LogP contribution in [0.15, 0.2) is 18.2 Å². The van der Waals surface area contributed by atoms with E-state index in [-0.39, 0.29) is 6.04 Å². The lowest BCUT2D eigenvalue weighted by molar-refractivity contribution is 0.482. The summed E-state index contributed by atoms with van der Waals surface area (Å²) in [7, 11) is 0. The number of benzene rings is 1. The van der Waals surface area contributed by atoms with E-state index in [1.165, 1.54) is 0 Å². The Morgan fingerprint density at radius 1 is 1.21 bits per heavy atom. The molecule has 1 aromatic carbocycles. The Morgan fingerprint density at radius 3 is 2.14 bits per heavy atom. The average Bonchev–Trinajstić information content (AvgIpc) is 2.11. The van der Waals surface area contributed by atoms with Crippen molar-refractivity contribution in [3.8, 4) is 0 Å². The monoisotopic (exact) mass is 231 g/mol. The fourth-order valence-electron chi connectivity index (χ4n) is 1.24. The van der Waals surface area contributed by atoms with Crippen molar-refractivity contribution < 1.29 is 0 Å². The maximum absolute atomic E-state index is 6.05. The van der Waals surface area contributed by atoms with Gasteiger partial charge < -0.3 is 5.73 Å².